The van der Waals surface area contributed by atoms with Gasteiger partial charge in [-0.2, -0.15) is 5.10 Å². The van der Waals surface area contributed by atoms with E-state index < -0.39 is 11.4 Å². The normalized spacial score (nSPS) is 15.3. The van der Waals surface area contributed by atoms with Crippen LogP contribution in [-0.4, -0.2) is 37.6 Å². The van der Waals surface area contributed by atoms with Crippen LogP contribution in [0.1, 0.15) is 34.8 Å². The molecule has 0 radical (unpaired) electrons. The average Bonchev–Trinajstić information content (AvgIpc) is 3.50. The molecule has 1 aliphatic heterocycles. The molecule has 0 atom stereocenters. The first-order chi connectivity index (χ1) is 16.7. The van der Waals surface area contributed by atoms with Gasteiger partial charge in [0.2, 0.25) is 0 Å². The highest BCUT2D eigenvalue weighted by molar-refractivity contribution is 7.81. The Morgan fingerprint density at radius 2 is 2.00 bits per heavy atom. The zero-order chi connectivity index (χ0) is 24.9. The number of aryl methyl sites for hydroxylation is 1. The Morgan fingerprint density at radius 1 is 1.23 bits per heavy atom. The second-order valence-corrected chi connectivity index (χ2v) is 9.90. The molecule has 0 bridgehead atoms. The molecule has 8 nitrogen and oxygen atoms in total. The molecule has 0 spiro atoms. The Labute approximate surface area is 209 Å². The van der Waals surface area contributed by atoms with E-state index in [1.54, 1.807) is 55.6 Å². The fourth-order valence-electron chi connectivity index (χ4n) is 4.12. The van der Waals surface area contributed by atoms with Gasteiger partial charge in [0.15, 0.2) is 5.11 Å². The number of benzene rings is 2. The summed E-state index contributed by atoms with van der Waals surface area (Å²) in [5, 5.41) is 10.7. The average molecular weight is 509 g/mol. The van der Waals surface area contributed by atoms with Gasteiger partial charge in [-0.3, -0.25) is 19.6 Å². The van der Waals surface area contributed by atoms with E-state index in [0.717, 1.165) is 10.9 Å². The fraction of sp³-hybridized carbons (Fsp3) is 0.208. The zero-order valence-corrected chi connectivity index (χ0v) is 20.8. The minimum absolute atomic E-state index is 0.0197. The molecule has 4 aromatic rings. The lowest BCUT2D eigenvalue weighted by Gasteiger charge is -2.29. The highest BCUT2D eigenvalue weighted by atomic mass is 32.1. The predicted molar refractivity (Wildman–Crippen MR) is 137 cm³/mol. The second-order valence-electron chi connectivity index (χ2n) is 8.68. The van der Waals surface area contributed by atoms with Crippen LogP contribution in [0, 0.1) is 12.7 Å². The van der Waals surface area contributed by atoms with Crippen LogP contribution in [0.15, 0.2) is 48.1 Å². The van der Waals surface area contributed by atoms with E-state index in [1.165, 1.54) is 22.3 Å². The third-order valence-corrected chi connectivity index (χ3v) is 7.33. The lowest BCUT2D eigenvalue weighted by atomic mass is 10.0. The van der Waals surface area contributed by atoms with Crippen LogP contribution in [-0.2, 0) is 11.3 Å². The summed E-state index contributed by atoms with van der Waals surface area (Å²) >= 11 is 6.93. The van der Waals surface area contributed by atoms with Crippen molar-refractivity contribution < 1.29 is 14.0 Å². The first kappa shape index (κ1) is 23.1. The smallest absolute Gasteiger partial charge is 0.263 e. The Morgan fingerprint density at radius 3 is 2.71 bits per heavy atom. The van der Waals surface area contributed by atoms with Crippen molar-refractivity contribution in [3.05, 3.63) is 70.1 Å². The summed E-state index contributed by atoms with van der Waals surface area (Å²) in [6, 6.07) is 10.1. The Balaban J connectivity index is 1.40. The molecule has 2 N–H and O–H groups in total. The van der Waals surface area contributed by atoms with Crippen molar-refractivity contribution in [1.82, 2.24) is 20.5 Å². The van der Waals surface area contributed by atoms with Crippen LogP contribution in [0.2, 0.25) is 0 Å². The van der Waals surface area contributed by atoms with Gasteiger partial charge < -0.3 is 10.2 Å². The van der Waals surface area contributed by atoms with Crippen molar-refractivity contribution in [2.45, 2.75) is 32.9 Å². The molecular formula is C24H21FN6O2S2. The Bertz CT molecular complexity index is 1490. The number of fused-ring (bicyclic) bond motifs is 1. The summed E-state index contributed by atoms with van der Waals surface area (Å²) in [6.07, 6.45) is 1.68. The minimum Gasteiger partial charge on any atom is -0.347 e. The lowest BCUT2D eigenvalue weighted by molar-refractivity contribution is -0.120. The van der Waals surface area contributed by atoms with Gasteiger partial charge in [0.25, 0.3) is 11.8 Å². The molecule has 0 saturated carbocycles. The molecule has 1 fully saturated rings. The largest absolute Gasteiger partial charge is 0.347 e. The van der Waals surface area contributed by atoms with Gasteiger partial charge in [0, 0.05) is 23.2 Å². The van der Waals surface area contributed by atoms with E-state index in [0.29, 0.717) is 27.5 Å². The topological polar surface area (TPSA) is 94.2 Å². The first-order valence-corrected chi connectivity index (χ1v) is 12.1. The predicted octanol–water partition coefficient (Wildman–Crippen LogP) is 4.31. The maximum Gasteiger partial charge on any atom is 0.263 e. The molecule has 2 aromatic heterocycles. The number of nitrogens with one attached hydrogen (secondary N) is 2. The van der Waals surface area contributed by atoms with Crippen LogP contribution in [0.4, 0.5) is 15.8 Å². The number of H-pyrrole nitrogens is 1. The van der Waals surface area contributed by atoms with E-state index in [1.807, 2.05) is 12.1 Å². The summed E-state index contributed by atoms with van der Waals surface area (Å²) in [4.78, 5) is 33.4. The summed E-state index contributed by atoms with van der Waals surface area (Å²) in [6.45, 7) is 5.27. The number of hydrogen-bond acceptors (Lipinski definition) is 6. The molecule has 3 heterocycles. The van der Waals surface area contributed by atoms with Crippen molar-refractivity contribution >= 4 is 62.8 Å². The molecule has 2 aromatic carbocycles. The number of aromatic nitrogens is 3. The molecule has 1 aliphatic rings. The SMILES string of the molecule is Cc1ncsc1C(=O)NCc1ccc(N2C(=S)N(c3ccc4[nH]ncc4c3)C(=O)C2(C)C)cc1F. The third kappa shape index (κ3) is 3.86. The standard InChI is InChI=1S/C24H21FN6O2S2/c1-13-20(35-12-27-13)21(32)26-10-14-4-5-17(9-18(14)25)31-23(34)30(22(33)24(31,2)3)16-6-7-19-15(8-16)11-28-29-19/h4-9,11-12H,10H2,1-3H3,(H,26,32)(H,28,29). The molecule has 0 aliphatic carbocycles. The van der Waals surface area contributed by atoms with E-state index in [-0.39, 0.29) is 23.5 Å². The van der Waals surface area contributed by atoms with Gasteiger partial charge in [-0.05, 0) is 63.3 Å². The van der Waals surface area contributed by atoms with Gasteiger partial charge in [0.1, 0.15) is 16.2 Å². The third-order valence-electron chi connectivity index (χ3n) is 6.04. The number of anilines is 2. The van der Waals surface area contributed by atoms with E-state index in [4.69, 9.17) is 12.2 Å². The van der Waals surface area contributed by atoms with Gasteiger partial charge >= 0.3 is 0 Å². The molecule has 0 unspecified atom stereocenters. The van der Waals surface area contributed by atoms with Crippen molar-refractivity contribution in [3.8, 4) is 0 Å². The van der Waals surface area contributed by atoms with Crippen molar-refractivity contribution in [1.29, 1.82) is 0 Å². The molecule has 5 rings (SSSR count). The first-order valence-electron chi connectivity index (χ1n) is 10.8. The van der Waals surface area contributed by atoms with Gasteiger partial charge in [0.05, 0.1) is 28.6 Å². The number of thiazole rings is 1. The number of halogens is 1. The van der Waals surface area contributed by atoms with Crippen molar-refractivity contribution in [2.75, 3.05) is 9.80 Å². The minimum atomic E-state index is -1.03. The summed E-state index contributed by atoms with van der Waals surface area (Å²) in [5.74, 6) is -1.03. The number of hydrogen-bond donors (Lipinski definition) is 2. The second kappa shape index (κ2) is 8.51. The number of carbonyl (C=O) groups excluding carboxylic acids is 2. The van der Waals surface area contributed by atoms with Crippen molar-refractivity contribution in [3.63, 3.8) is 0 Å². The number of aromatic amines is 1. The van der Waals surface area contributed by atoms with Crippen LogP contribution < -0.4 is 15.1 Å². The summed E-state index contributed by atoms with van der Waals surface area (Å²) in [5.41, 5.74) is 3.42. The number of nitrogens with zero attached hydrogens (tertiary/aromatic N) is 4. The number of rotatable bonds is 5. The highest BCUT2D eigenvalue weighted by Crippen LogP contribution is 2.37. The zero-order valence-electron chi connectivity index (χ0n) is 19.1. The number of carbonyl (C=O) groups is 2. The molecular weight excluding hydrogens is 487 g/mol. The molecule has 11 heteroatoms. The molecule has 178 valence electrons. The van der Waals surface area contributed by atoms with E-state index in [9.17, 15) is 9.59 Å². The fourth-order valence-corrected chi connectivity index (χ4v) is 5.36. The monoisotopic (exact) mass is 508 g/mol. The molecule has 35 heavy (non-hydrogen) atoms. The van der Waals surface area contributed by atoms with Crippen LogP contribution in [0.5, 0.6) is 0 Å². The molecule has 2 amide bonds. The highest BCUT2D eigenvalue weighted by Gasteiger charge is 2.50. The Kier molecular flexibility index (Phi) is 5.60. The maximum atomic E-state index is 15.1. The Hall–Kier alpha value is -3.70. The number of thiocarbonyl (C=S) groups is 1. The number of amides is 2. The maximum absolute atomic E-state index is 15.1. The van der Waals surface area contributed by atoms with Gasteiger partial charge in [-0.25, -0.2) is 9.37 Å². The molecule has 1 saturated heterocycles. The van der Waals surface area contributed by atoms with E-state index in [2.05, 4.69) is 20.5 Å². The summed E-state index contributed by atoms with van der Waals surface area (Å²) < 4.78 is 15.1. The summed E-state index contributed by atoms with van der Waals surface area (Å²) in [7, 11) is 0. The van der Waals surface area contributed by atoms with Gasteiger partial charge in [-0.15, -0.1) is 11.3 Å². The van der Waals surface area contributed by atoms with Crippen LogP contribution >= 0.6 is 23.6 Å². The van der Waals surface area contributed by atoms with Crippen LogP contribution in [0.3, 0.4) is 0 Å². The van der Waals surface area contributed by atoms with Crippen molar-refractivity contribution in [2.24, 2.45) is 0 Å². The quantitative estimate of drug-likeness (QED) is 0.390. The lowest BCUT2D eigenvalue weighted by Crippen LogP contribution is -2.44. The van der Waals surface area contributed by atoms with Crippen LogP contribution in [0.25, 0.3) is 10.9 Å². The van der Waals surface area contributed by atoms with Gasteiger partial charge in [-0.1, -0.05) is 6.07 Å². The van der Waals surface area contributed by atoms with E-state index >= 15 is 4.39 Å².